The summed E-state index contributed by atoms with van der Waals surface area (Å²) in [6.45, 7) is 4.84. The van der Waals surface area contributed by atoms with E-state index < -0.39 is 16.0 Å². The number of halogens is 1. The smallest absolute Gasteiger partial charge is 0.357 e. The normalized spacial score (nSPS) is 18.6. The van der Waals surface area contributed by atoms with Gasteiger partial charge >= 0.3 is 5.97 Å². The Labute approximate surface area is 309 Å². The lowest BCUT2D eigenvalue weighted by molar-refractivity contribution is -0.118. The summed E-state index contributed by atoms with van der Waals surface area (Å²) in [5.74, 6) is 0.677. The number of anilines is 2. The molecule has 1 aliphatic carbocycles. The maximum Gasteiger partial charge on any atom is 0.357 e. The molecule has 1 atom stereocenters. The van der Waals surface area contributed by atoms with Crippen molar-refractivity contribution in [2.24, 2.45) is 5.92 Å². The highest BCUT2D eigenvalue weighted by molar-refractivity contribution is 7.88. The van der Waals surface area contributed by atoms with Crippen LogP contribution in [0.3, 0.4) is 0 Å². The first-order valence-corrected chi connectivity index (χ1v) is 19.3. The van der Waals surface area contributed by atoms with Gasteiger partial charge in [0.1, 0.15) is 6.26 Å². The monoisotopic (exact) mass is 752 g/mol. The molecule has 2 heterocycles. The highest BCUT2D eigenvalue weighted by Crippen LogP contribution is 2.44. The maximum atomic E-state index is 13.8. The number of oxazole rings is 1. The standard InChI is InChI=1S/C34H42ClN3O5S.C4H3NO3/c1-22(2)43-32-20-30-25(18-31(32)42-4)19-33(39)38(34(30)24-8-10-26(35)11-9-24)29-16-14-28(15-17-29)37(3)21-23-6-12-27(13-7-23)36-44(5,40)41;6-4(7)3-1-8-2-5-3/h8-11,14-18,20,22-23,27,34,36H,6-7,12-13,19,21H2,1-5H3;1-2H,(H,6,7)/t23?,27?,34-;/m0./s1. The molecule has 14 heteroatoms. The van der Waals surface area contributed by atoms with Crippen molar-refractivity contribution in [2.45, 2.75) is 64.1 Å². The number of carbonyl (C=O) groups is 2. The van der Waals surface area contributed by atoms with Crippen LogP contribution in [-0.2, 0) is 21.2 Å². The molecule has 3 aromatic carbocycles. The lowest BCUT2D eigenvalue weighted by Crippen LogP contribution is -2.41. The van der Waals surface area contributed by atoms with E-state index in [1.165, 1.54) is 6.26 Å². The molecule has 278 valence electrons. The average Bonchev–Trinajstić information content (AvgIpc) is 3.65. The van der Waals surface area contributed by atoms with E-state index in [2.05, 4.69) is 38.2 Å². The van der Waals surface area contributed by atoms with Gasteiger partial charge in [0, 0.05) is 36.0 Å². The van der Waals surface area contributed by atoms with Crippen molar-refractivity contribution in [3.8, 4) is 11.5 Å². The molecule has 0 saturated heterocycles. The lowest BCUT2D eigenvalue weighted by atomic mass is 9.86. The largest absolute Gasteiger partial charge is 0.493 e. The predicted octanol–water partition coefficient (Wildman–Crippen LogP) is 6.73. The predicted molar refractivity (Wildman–Crippen MR) is 200 cm³/mol. The quantitative estimate of drug-likeness (QED) is 0.169. The van der Waals surface area contributed by atoms with Gasteiger partial charge in [-0.05, 0) is 111 Å². The molecule has 0 spiro atoms. The second kappa shape index (κ2) is 16.8. The minimum Gasteiger partial charge on any atom is -0.493 e. The first kappa shape index (κ1) is 38.6. The van der Waals surface area contributed by atoms with E-state index in [0.717, 1.165) is 72.9 Å². The van der Waals surface area contributed by atoms with Crippen LogP contribution in [0.4, 0.5) is 11.4 Å². The fourth-order valence-corrected chi connectivity index (χ4v) is 7.74. The number of sulfonamides is 1. The van der Waals surface area contributed by atoms with Crippen LogP contribution in [0.5, 0.6) is 11.5 Å². The molecule has 1 aromatic heterocycles. The molecule has 6 rings (SSSR count). The zero-order chi connectivity index (χ0) is 37.6. The van der Waals surface area contributed by atoms with Gasteiger partial charge in [-0.15, -0.1) is 0 Å². The fourth-order valence-electron chi connectivity index (χ4n) is 6.77. The fraction of sp³-hybridized carbons (Fsp3) is 0.395. The highest BCUT2D eigenvalue weighted by atomic mass is 35.5. The summed E-state index contributed by atoms with van der Waals surface area (Å²) < 4.78 is 42.1. The van der Waals surface area contributed by atoms with Gasteiger partial charge in [-0.2, -0.15) is 0 Å². The van der Waals surface area contributed by atoms with Crippen molar-refractivity contribution in [2.75, 3.05) is 36.8 Å². The zero-order valence-electron chi connectivity index (χ0n) is 29.9. The second-order valence-electron chi connectivity index (χ2n) is 13.4. The Balaban J connectivity index is 0.000000577. The van der Waals surface area contributed by atoms with Gasteiger partial charge < -0.3 is 28.8 Å². The van der Waals surface area contributed by atoms with E-state index in [1.807, 2.05) is 67.3 Å². The van der Waals surface area contributed by atoms with Crippen molar-refractivity contribution in [3.05, 3.63) is 101 Å². The molecule has 0 unspecified atom stereocenters. The van der Waals surface area contributed by atoms with Crippen molar-refractivity contribution >= 4 is 44.9 Å². The third-order valence-corrected chi connectivity index (χ3v) is 10.1. The molecule has 4 aromatic rings. The van der Waals surface area contributed by atoms with Crippen molar-refractivity contribution in [1.82, 2.24) is 9.71 Å². The Morgan fingerprint density at radius 2 is 1.75 bits per heavy atom. The molecular formula is C38H45ClN4O8S. The molecule has 2 aliphatic rings. The summed E-state index contributed by atoms with van der Waals surface area (Å²) in [5.41, 5.74) is 4.67. The number of rotatable bonds is 11. The Morgan fingerprint density at radius 1 is 1.08 bits per heavy atom. The highest BCUT2D eigenvalue weighted by Gasteiger charge is 2.36. The molecule has 1 saturated carbocycles. The van der Waals surface area contributed by atoms with Gasteiger partial charge in [-0.3, -0.25) is 4.79 Å². The van der Waals surface area contributed by atoms with Gasteiger partial charge in [0.25, 0.3) is 0 Å². The molecule has 0 radical (unpaired) electrons. The van der Waals surface area contributed by atoms with E-state index in [-0.39, 0.29) is 36.2 Å². The Kier molecular flexibility index (Phi) is 12.5. The van der Waals surface area contributed by atoms with Crippen LogP contribution in [0.15, 0.2) is 77.7 Å². The zero-order valence-corrected chi connectivity index (χ0v) is 31.5. The SMILES string of the molecule is COc1cc2c(cc1OC(C)C)[C@H](c1ccc(Cl)cc1)N(c1ccc(N(C)CC3CCC(NS(C)(=O)=O)CC3)cc1)C(=O)C2.O=C(O)c1cocn1. The summed E-state index contributed by atoms with van der Waals surface area (Å²) in [7, 11) is 0.514. The number of benzene rings is 3. The van der Waals surface area contributed by atoms with Crippen LogP contribution in [0.2, 0.25) is 5.02 Å². The summed E-state index contributed by atoms with van der Waals surface area (Å²) in [5, 5.41) is 8.78. The van der Waals surface area contributed by atoms with Gasteiger partial charge in [0.05, 0.1) is 31.9 Å². The number of aromatic carboxylic acids is 1. The Hall–Kier alpha value is -4.59. The molecule has 2 N–H and O–H groups in total. The number of hydrogen-bond acceptors (Lipinski definition) is 9. The Morgan fingerprint density at radius 3 is 2.29 bits per heavy atom. The molecule has 1 aliphatic heterocycles. The number of carboxylic acids is 1. The van der Waals surface area contributed by atoms with Crippen LogP contribution in [0, 0.1) is 5.92 Å². The maximum absolute atomic E-state index is 13.8. The third kappa shape index (κ3) is 9.84. The van der Waals surface area contributed by atoms with Crippen molar-refractivity contribution in [3.63, 3.8) is 0 Å². The molecule has 1 amide bonds. The second-order valence-corrected chi connectivity index (χ2v) is 15.7. The van der Waals surface area contributed by atoms with Crippen LogP contribution < -0.4 is 24.0 Å². The summed E-state index contributed by atoms with van der Waals surface area (Å²) in [6.07, 6.45) is 7.24. The molecule has 1 fully saturated rings. The van der Waals surface area contributed by atoms with Crippen molar-refractivity contribution in [1.29, 1.82) is 0 Å². The van der Waals surface area contributed by atoms with Gasteiger partial charge in [-0.1, -0.05) is 23.7 Å². The number of nitrogens with zero attached hydrogens (tertiary/aromatic N) is 3. The minimum absolute atomic E-state index is 0.00222. The number of hydrogen-bond donors (Lipinski definition) is 2. The van der Waals surface area contributed by atoms with Gasteiger partial charge in [0.2, 0.25) is 15.9 Å². The molecule has 12 nitrogen and oxygen atoms in total. The summed E-state index contributed by atoms with van der Waals surface area (Å²) in [4.78, 5) is 31.2. The Bertz CT molecular complexity index is 1930. The molecule has 0 bridgehead atoms. The van der Waals surface area contributed by atoms with E-state index in [9.17, 15) is 18.0 Å². The van der Waals surface area contributed by atoms with Crippen LogP contribution in [-0.4, -0.2) is 69.5 Å². The number of carboxylic acid groups (broad SMARTS) is 1. The molecule has 52 heavy (non-hydrogen) atoms. The number of carbonyl (C=O) groups excluding carboxylic acids is 1. The van der Waals surface area contributed by atoms with E-state index in [1.54, 1.807) is 7.11 Å². The first-order chi connectivity index (χ1) is 24.7. The van der Waals surface area contributed by atoms with E-state index in [4.69, 9.17) is 26.2 Å². The number of amides is 1. The van der Waals surface area contributed by atoms with Crippen LogP contribution in [0.25, 0.3) is 0 Å². The lowest BCUT2D eigenvalue weighted by Gasteiger charge is -2.38. The number of aromatic nitrogens is 1. The van der Waals surface area contributed by atoms with Crippen LogP contribution >= 0.6 is 11.6 Å². The summed E-state index contributed by atoms with van der Waals surface area (Å²) in [6, 6.07) is 19.4. The molecular weight excluding hydrogens is 708 g/mol. The summed E-state index contributed by atoms with van der Waals surface area (Å²) >= 11 is 6.26. The van der Waals surface area contributed by atoms with E-state index >= 15 is 0 Å². The third-order valence-electron chi connectivity index (χ3n) is 9.12. The minimum atomic E-state index is -3.18. The number of fused-ring (bicyclic) bond motifs is 1. The number of nitrogens with one attached hydrogen (secondary N) is 1. The van der Waals surface area contributed by atoms with Gasteiger partial charge in [-0.25, -0.2) is 22.9 Å². The topological polar surface area (TPSA) is 152 Å². The van der Waals surface area contributed by atoms with Crippen LogP contribution in [0.1, 0.15) is 72.8 Å². The number of methoxy groups -OCH3 is 1. The first-order valence-electron chi connectivity index (χ1n) is 17.1. The van der Waals surface area contributed by atoms with Gasteiger partial charge in [0.15, 0.2) is 23.6 Å². The average molecular weight is 753 g/mol. The van der Waals surface area contributed by atoms with E-state index in [0.29, 0.717) is 22.4 Å². The van der Waals surface area contributed by atoms with Crippen molar-refractivity contribution < 1.29 is 37.0 Å². The number of ether oxygens (including phenoxy) is 2.